The van der Waals surface area contributed by atoms with E-state index in [4.69, 9.17) is 9.84 Å². The minimum absolute atomic E-state index is 0.140. The Morgan fingerprint density at radius 1 is 1.46 bits per heavy atom. The number of hydrogen-bond donors (Lipinski definition) is 4. The molecule has 0 aromatic carbocycles. The third-order valence-corrected chi connectivity index (χ3v) is 1.88. The van der Waals surface area contributed by atoms with E-state index in [1.54, 1.807) is 0 Å². The molecule has 0 spiro atoms. The van der Waals surface area contributed by atoms with Crippen molar-refractivity contribution in [2.24, 2.45) is 0 Å². The average molecular weight is 191 g/mol. The predicted molar refractivity (Wildman–Crippen MR) is 41.6 cm³/mol. The van der Waals surface area contributed by atoms with E-state index in [0.29, 0.717) is 0 Å². The van der Waals surface area contributed by atoms with Gasteiger partial charge in [0.05, 0.1) is 6.61 Å². The maximum Gasteiger partial charge on any atom is 0.217 e. The van der Waals surface area contributed by atoms with Gasteiger partial charge in [0, 0.05) is 6.92 Å². The number of ether oxygens (including phenoxy) is 1. The second-order valence-electron chi connectivity index (χ2n) is 3.01. The van der Waals surface area contributed by atoms with Crippen LogP contribution in [0.3, 0.4) is 0 Å². The Labute approximate surface area is 75.1 Å². The van der Waals surface area contributed by atoms with Crippen LogP contribution in [0.2, 0.25) is 0 Å². The number of aliphatic hydroxyl groups excluding tert-OH is 3. The zero-order valence-corrected chi connectivity index (χ0v) is 7.17. The van der Waals surface area contributed by atoms with E-state index in [9.17, 15) is 15.0 Å². The van der Waals surface area contributed by atoms with Crippen LogP contribution in [0, 0.1) is 0 Å². The fourth-order valence-electron chi connectivity index (χ4n) is 1.20. The molecule has 1 fully saturated rings. The fraction of sp³-hybridized carbons (Fsp3) is 0.857. The van der Waals surface area contributed by atoms with Crippen molar-refractivity contribution >= 4 is 5.91 Å². The van der Waals surface area contributed by atoms with E-state index >= 15 is 0 Å². The van der Waals surface area contributed by atoms with Crippen LogP contribution in [0.15, 0.2) is 0 Å². The molecule has 0 radical (unpaired) electrons. The van der Waals surface area contributed by atoms with E-state index in [1.807, 2.05) is 0 Å². The van der Waals surface area contributed by atoms with E-state index in [-0.39, 0.29) is 6.61 Å². The summed E-state index contributed by atoms with van der Waals surface area (Å²) in [6.45, 7) is 1.11. The number of aliphatic hydroxyl groups is 3. The van der Waals surface area contributed by atoms with Gasteiger partial charge in [0.25, 0.3) is 0 Å². The van der Waals surface area contributed by atoms with Gasteiger partial charge in [0.1, 0.15) is 18.2 Å². The standard InChI is InChI=1S/C7H13NO5/c1-3(9)8-5-6(11)4(10)2-13-7(5)12/h4-7,10-12H,2H2,1H3,(H,8,9)/t4-,5-,6-,7?/m1/s1. The van der Waals surface area contributed by atoms with Crippen LogP contribution in [0.5, 0.6) is 0 Å². The van der Waals surface area contributed by atoms with Crippen LogP contribution in [-0.4, -0.2) is 52.4 Å². The summed E-state index contributed by atoms with van der Waals surface area (Å²) in [5.74, 6) is -0.402. The van der Waals surface area contributed by atoms with Crippen molar-refractivity contribution in [3.63, 3.8) is 0 Å². The Morgan fingerprint density at radius 3 is 2.62 bits per heavy atom. The second-order valence-corrected chi connectivity index (χ2v) is 3.01. The summed E-state index contributed by atoms with van der Waals surface area (Å²) in [7, 11) is 0. The van der Waals surface area contributed by atoms with Crippen LogP contribution in [0.4, 0.5) is 0 Å². The molecule has 0 bridgehead atoms. The highest BCUT2D eigenvalue weighted by molar-refractivity contribution is 5.73. The van der Waals surface area contributed by atoms with Crippen LogP contribution in [-0.2, 0) is 9.53 Å². The van der Waals surface area contributed by atoms with Gasteiger partial charge in [0.15, 0.2) is 6.29 Å². The van der Waals surface area contributed by atoms with Crippen LogP contribution >= 0.6 is 0 Å². The number of carbonyl (C=O) groups excluding carboxylic acids is 1. The normalized spacial score (nSPS) is 40.0. The summed E-state index contributed by atoms with van der Waals surface area (Å²) in [6, 6.07) is -0.971. The summed E-state index contributed by atoms with van der Waals surface area (Å²) in [5.41, 5.74) is 0. The van der Waals surface area contributed by atoms with Gasteiger partial charge in [-0.25, -0.2) is 0 Å². The molecule has 1 saturated heterocycles. The molecule has 6 nitrogen and oxygen atoms in total. The number of amides is 1. The summed E-state index contributed by atoms with van der Waals surface area (Å²) in [5, 5.41) is 30.0. The van der Waals surface area contributed by atoms with Crippen molar-refractivity contribution in [3.05, 3.63) is 0 Å². The maximum atomic E-state index is 10.6. The second kappa shape index (κ2) is 4.01. The van der Waals surface area contributed by atoms with Gasteiger partial charge >= 0.3 is 0 Å². The van der Waals surface area contributed by atoms with Gasteiger partial charge in [-0.1, -0.05) is 0 Å². The summed E-state index contributed by atoms with van der Waals surface area (Å²) in [6.07, 6.45) is -3.56. The van der Waals surface area contributed by atoms with Gasteiger partial charge < -0.3 is 25.4 Å². The lowest BCUT2D eigenvalue weighted by molar-refractivity contribution is -0.212. The Balaban J connectivity index is 2.60. The topological polar surface area (TPSA) is 99.0 Å². The third-order valence-electron chi connectivity index (χ3n) is 1.88. The minimum Gasteiger partial charge on any atom is -0.388 e. The maximum absolute atomic E-state index is 10.6. The highest BCUT2D eigenvalue weighted by Gasteiger charge is 2.38. The van der Waals surface area contributed by atoms with Crippen molar-refractivity contribution in [2.45, 2.75) is 31.5 Å². The quantitative estimate of drug-likeness (QED) is 0.369. The SMILES string of the molecule is CC(=O)N[C@H]1C(O)OC[C@@H](O)[C@H]1O. The van der Waals surface area contributed by atoms with Crippen molar-refractivity contribution in [2.75, 3.05) is 6.61 Å². The van der Waals surface area contributed by atoms with E-state index in [2.05, 4.69) is 5.32 Å². The Kier molecular flexibility index (Phi) is 3.21. The molecular weight excluding hydrogens is 178 g/mol. The Hall–Kier alpha value is -0.690. The first-order valence-electron chi connectivity index (χ1n) is 3.95. The van der Waals surface area contributed by atoms with Crippen LogP contribution < -0.4 is 5.32 Å². The molecule has 1 rings (SSSR count). The fourth-order valence-corrected chi connectivity index (χ4v) is 1.20. The third kappa shape index (κ3) is 2.38. The monoisotopic (exact) mass is 191 g/mol. The molecule has 1 aliphatic rings. The van der Waals surface area contributed by atoms with Gasteiger partial charge in [-0.3, -0.25) is 4.79 Å². The molecule has 4 atom stereocenters. The first kappa shape index (κ1) is 10.4. The van der Waals surface area contributed by atoms with Crippen molar-refractivity contribution in [1.82, 2.24) is 5.32 Å². The van der Waals surface area contributed by atoms with E-state index in [1.165, 1.54) is 6.92 Å². The lowest BCUT2D eigenvalue weighted by Crippen LogP contribution is -2.60. The smallest absolute Gasteiger partial charge is 0.217 e. The van der Waals surface area contributed by atoms with Gasteiger partial charge in [-0.2, -0.15) is 0 Å². The molecule has 6 heteroatoms. The first-order chi connectivity index (χ1) is 6.02. The summed E-state index contributed by atoms with van der Waals surface area (Å²) in [4.78, 5) is 10.6. The van der Waals surface area contributed by atoms with Crippen molar-refractivity contribution < 1.29 is 24.9 Å². The lowest BCUT2D eigenvalue weighted by Gasteiger charge is -2.35. The molecule has 4 N–H and O–H groups in total. The molecule has 1 amide bonds. The molecule has 0 aromatic rings. The van der Waals surface area contributed by atoms with Crippen LogP contribution in [0.1, 0.15) is 6.92 Å². The number of hydrogen-bond acceptors (Lipinski definition) is 5. The van der Waals surface area contributed by atoms with Gasteiger partial charge in [-0.15, -0.1) is 0 Å². The molecule has 1 aliphatic heterocycles. The zero-order valence-electron chi connectivity index (χ0n) is 7.17. The molecule has 0 saturated carbocycles. The van der Waals surface area contributed by atoms with Crippen LogP contribution in [0.25, 0.3) is 0 Å². The minimum atomic E-state index is -1.28. The van der Waals surface area contributed by atoms with Crippen molar-refractivity contribution in [1.29, 1.82) is 0 Å². The lowest BCUT2D eigenvalue weighted by atomic mass is 10.0. The average Bonchev–Trinajstić information content (AvgIpc) is 2.05. The number of carbonyl (C=O) groups is 1. The summed E-state index contributed by atoms with van der Waals surface area (Å²) >= 11 is 0. The molecule has 1 unspecified atom stereocenters. The molecule has 0 aromatic heterocycles. The Morgan fingerprint density at radius 2 is 2.08 bits per heavy atom. The highest BCUT2D eigenvalue weighted by Crippen LogP contribution is 2.13. The molecule has 76 valence electrons. The van der Waals surface area contributed by atoms with Gasteiger partial charge in [0.2, 0.25) is 5.91 Å². The Bertz CT molecular complexity index is 197. The van der Waals surface area contributed by atoms with E-state index < -0.39 is 30.4 Å². The van der Waals surface area contributed by atoms with Gasteiger partial charge in [-0.05, 0) is 0 Å². The number of rotatable bonds is 1. The zero-order chi connectivity index (χ0) is 10.0. The largest absolute Gasteiger partial charge is 0.388 e. The molecule has 13 heavy (non-hydrogen) atoms. The van der Waals surface area contributed by atoms with Crippen molar-refractivity contribution in [3.8, 4) is 0 Å². The van der Waals surface area contributed by atoms with E-state index in [0.717, 1.165) is 0 Å². The first-order valence-corrected chi connectivity index (χ1v) is 3.95. The number of nitrogens with one attached hydrogen (secondary N) is 1. The predicted octanol–water partition coefficient (Wildman–Crippen LogP) is -2.44. The highest BCUT2D eigenvalue weighted by atomic mass is 16.6. The molecular formula is C7H13NO5. The summed E-state index contributed by atoms with van der Waals surface area (Å²) < 4.78 is 4.70. The molecule has 0 aliphatic carbocycles. The molecule has 1 heterocycles.